The molecule has 1 aromatic carbocycles. The van der Waals surface area contributed by atoms with Gasteiger partial charge in [0.15, 0.2) is 0 Å². The fourth-order valence-corrected chi connectivity index (χ4v) is 1.11. The number of nitro benzene ring substituents is 1. The molecule has 0 spiro atoms. The molecule has 1 N–H and O–H groups in total. The van der Waals surface area contributed by atoms with Gasteiger partial charge in [0.25, 0.3) is 5.69 Å². The third-order valence-corrected chi connectivity index (χ3v) is 1.83. The summed E-state index contributed by atoms with van der Waals surface area (Å²) in [6.07, 6.45) is -0.0317. The highest BCUT2D eigenvalue weighted by atomic mass is 16.6. The summed E-state index contributed by atoms with van der Waals surface area (Å²) < 4.78 is 0. The Kier molecular flexibility index (Phi) is 3.80. The van der Waals surface area contributed by atoms with E-state index in [0.29, 0.717) is 0 Å². The lowest BCUT2D eigenvalue weighted by molar-refractivity contribution is -0.384. The van der Waals surface area contributed by atoms with Crippen molar-refractivity contribution in [1.82, 2.24) is 0 Å². The van der Waals surface area contributed by atoms with Crippen LogP contribution in [0.15, 0.2) is 18.2 Å². The van der Waals surface area contributed by atoms with Crippen LogP contribution in [-0.4, -0.2) is 16.0 Å². The van der Waals surface area contributed by atoms with Crippen molar-refractivity contribution in [3.8, 4) is 17.9 Å². The Hall–Kier alpha value is -2.86. The molecular formula is C11H6N2O4. The largest absolute Gasteiger partial charge is 0.478 e. The van der Waals surface area contributed by atoms with E-state index in [2.05, 4.69) is 11.8 Å². The maximum absolute atomic E-state index is 10.9. The summed E-state index contributed by atoms with van der Waals surface area (Å²) in [6, 6.07) is 5.16. The lowest BCUT2D eigenvalue weighted by Gasteiger charge is -1.98. The van der Waals surface area contributed by atoms with E-state index in [1.165, 1.54) is 12.1 Å². The quantitative estimate of drug-likeness (QED) is 0.471. The summed E-state index contributed by atoms with van der Waals surface area (Å²) in [5.74, 6) is 3.64. The first-order valence-corrected chi connectivity index (χ1v) is 4.44. The highest BCUT2D eigenvalue weighted by Crippen LogP contribution is 2.17. The second kappa shape index (κ2) is 5.29. The van der Waals surface area contributed by atoms with Crippen molar-refractivity contribution in [1.29, 1.82) is 5.26 Å². The number of nitro groups is 1. The van der Waals surface area contributed by atoms with E-state index >= 15 is 0 Å². The van der Waals surface area contributed by atoms with Crippen molar-refractivity contribution in [2.75, 3.05) is 0 Å². The van der Waals surface area contributed by atoms with Crippen LogP contribution in [0.25, 0.3) is 0 Å². The van der Waals surface area contributed by atoms with Crippen molar-refractivity contribution in [2.24, 2.45) is 0 Å². The molecule has 0 saturated heterocycles. The molecule has 0 aromatic heterocycles. The van der Waals surface area contributed by atoms with Crippen LogP contribution in [0.4, 0.5) is 5.69 Å². The molecular weight excluding hydrogens is 224 g/mol. The summed E-state index contributed by atoms with van der Waals surface area (Å²) >= 11 is 0. The van der Waals surface area contributed by atoms with Crippen LogP contribution in [0.2, 0.25) is 0 Å². The number of carboxylic acids is 1. The van der Waals surface area contributed by atoms with Crippen LogP contribution in [0.5, 0.6) is 0 Å². The maximum Gasteiger partial charge on any atom is 0.337 e. The van der Waals surface area contributed by atoms with Gasteiger partial charge in [0.1, 0.15) is 0 Å². The summed E-state index contributed by atoms with van der Waals surface area (Å²) in [5, 5.41) is 27.6. The molecule has 17 heavy (non-hydrogen) atoms. The van der Waals surface area contributed by atoms with Gasteiger partial charge in [-0.05, 0) is 6.07 Å². The van der Waals surface area contributed by atoms with Crippen LogP contribution in [0, 0.1) is 33.3 Å². The first-order valence-electron chi connectivity index (χ1n) is 4.44. The van der Waals surface area contributed by atoms with Crippen molar-refractivity contribution in [3.63, 3.8) is 0 Å². The molecule has 0 saturated carbocycles. The fourth-order valence-electron chi connectivity index (χ4n) is 1.11. The molecule has 0 bridgehead atoms. The Morgan fingerprint density at radius 3 is 2.76 bits per heavy atom. The summed E-state index contributed by atoms with van der Waals surface area (Å²) in [7, 11) is 0. The van der Waals surface area contributed by atoms with Gasteiger partial charge < -0.3 is 5.11 Å². The second-order valence-corrected chi connectivity index (χ2v) is 2.93. The number of hydrogen-bond donors (Lipinski definition) is 1. The minimum atomic E-state index is -1.30. The summed E-state index contributed by atoms with van der Waals surface area (Å²) in [4.78, 5) is 20.7. The Morgan fingerprint density at radius 2 is 2.24 bits per heavy atom. The number of hydrogen-bond acceptors (Lipinski definition) is 4. The van der Waals surface area contributed by atoms with Gasteiger partial charge in [-0.15, -0.1) is 0 Å². The monoisotopic (exact) mass is 230 g/mol. The average Bonchev–Trinajstić information content (AvgIpc) is 2.29. The minimum absolute atomic E-state index is 0.0317. The van der Waals surface area contributed by atoms with E-state index in [9.17, 15) is 14.9 Å². The lowest BCUT2D eigenvalue weighted by Crippen LogP contribution is -2.01. The van der Waals surface area contributed by atoms with Crippen LogP contribution in [-0.2, 0) is 0 Å². The van der Waals surface area contributed by atoms with E-state index in [1.807, 2.05) is 0 Å². The van der Waals surface area contributed by atoms with Crippen LogP contribution >= 0.6 is 0 Å². The van der Waals surface area contributed by atoms with Gasteiger partial charge in [0.05, 0.1) is 23.0 Å². The van der Waals surface area contributed by atoms with Crippen molar-refractivity contribution in [2.45, 2.75) is 6.42 Å². The zero-order chi connectivity index (χ0) is 12.8. The zero-order valence-corrected chi connectivity index (χ0v) is 8.51. The number of benzene rings is 1. The minimum Gasteiger partial charge on any atom is -0.478 e. The van der Waals surface area contributed by atoms with E-state index < -0.39 is 10.9 Å². The van der Waals surface area contributed by atoms with Crippen molar-refractivity contribution in [3.05, 3.63) is 39.4 Å². The number of aromatic carboxylic acids is 1. The molecule has 1 aromatic rings. The van der Waals surface area contributed by atoms with Crippen molar-refractivity contribution < 1.29 is 14.8 Å². The Bertz CT molecular complexity index is 575. The predicted octanol–water partition coefficient (Wildman–Crippen LogP) is 1.56. The van der Waals surface area contributed by atoms with E-state index in [-0.39, 0.29) is 23.2 Å². The molecule has 0 radical (unpaired) electrons. The Morgan fingerprint density at radius 1 is 1.53 bits per heavy atom. The second-order valence-electron chi connectivity index (χ2n) is 2.93. The number of rotatable bonds is 2. The smallest absolute Gasteiger partial charge is 0.337 e. The molecule has 0 atom stereocenters. The molecule has 0 heterocycles. The Labute approximate surface area is 96.3 Å². The van der Waals surface area contributed by atoms with E-state index in [4.69, 9.17) is 10.4 Å². The number of nitriles is 1. The third-order valence-electron chi connectivity index (χ3n) is 1.83. The van der Waals surface area contributed by atoms with Gasteiger partial charge in [-0.1, -0.05) is 11.8 Å². The summed E-state index contributed by atoms with van der Waals surface area (Å²) in [6.45, 7) is 0. The maximum atomic E-state index is 10.9. The van der Waals surface area contributed by atoms with Gasteiger partial charge in [0.2, 0.25) is 0 Å². The fraction of sp³-hybridized carbons (Fsp3) is 0.0909. The molecule has 0 unspecified atom stereocenters. The SMILES string of the molecule is N#CCC#Cc1ccc([N+](=O)[O-])cc1C(=O)O. The van der Waals surface area contributed by atoms with Crippen LogP contribution < -0.4 is 0 Å². The molecule has 0 fully saturated rings. The lowest BCUT2D eigenvalue weighted by atomic mass is 10.1. The van der Waals surface area contributed by atoms with Gasteiger partial charge >= 0.3 is 5.97 Å². The normalized spacial score (nSPS) is 8.65. The van der Waals surface area contributed by atoms with Gasteiger partial charge in [0, 0.05) is 17.7 Å². The van der Waals surface area contributed by atoms with Gasteiger partial charge in [-0.25, -0.2) is 4.79 Å². The number of nitrogens with zero attached hydrogens (tertiary/aromatic N) is 2. The molecule has 1 rings (SSSR count). The first-order chi connectivity index (χ1) is 8.06. The number of carboxylic acid groups (broad SMARTS) is 1. The molecule has 6 heteroatoms. The number of non-ortho nitro benzene ring substituents is 1. The predicted molar refractivity (Wildman–Crippen MR) is 57.2 cm³/mol. The van der Waals surface area contributed by atoms with Crippen LogP contribution in [0.1, 0.15) is 22.3 Å². The molecule has 0 aliphatic heterocycles. The van der Waals surface area contributed by atoms with E-state index in [1.54, 1.807) is 6.07 Å². The van der Waals surface area contributed by atoms with Gasteiger partial charge in [-0.3, -0.25) is 10.1 Å². The molecule has 0 aliphatic rings. The zero-order valence-electron chi connectivity index (χ0n) is 8.51. The highest BCUT2D eigenvalue weighted by Gasteiger charge is 2.14. The van der Waals surface area contributed by atoms with Crippen LogP contribution in [0.3, 0.4) is 0 Å². The van der Waals surface area contributed by atoms with E-state index in [0.717, 1.165) is 6.07 Å². The first kappa shape index (κ1) is 12.2. The highest BCUT2D eigenvalue weighted by molar-refractivity contribution is 5.91. The molecule has 84 valence electrons. The molecule has 6 nitrogen and oxygen atoms in total. The van der Waals surface area contributed by atoms with Crippen molar-refractivity contribution >= 4 is 11.7 Å². The standard InChI is InChI=1S/C11H6N2O4/c12-6-2-1-3-8-4-5-9(13(16)17)7-10(8)11(14)15/h4-5,7H,2H2,(H,14,15). The third kappa shape index (κ3) is 3.05. The van der Waals surface area contributed by atoms with Gasteiger partial charge in [-0.2, -0.15) is 5.26 Å². The average molecular weight is 230 g/mol. The molecule has 0 amide bonds. The molecule has 0 aliphatic carbocycles. The number of carbonyl (C=O) groups is 1. The Balaban J connectivity index is 3.25. The topological polar surface area (TPSA) is 104 Å². The summed E-state index contributed by atoms with van der Waals surface area (Å²) in [5.41, 5.74) is -0.406.